The van der Waals surface area contributed by atoms with Gasteiger partial charge in [0.2, 0.25) is 11.0 Å². The minimum atomic E-state index is -0.251. The van der Waals surface area contributed by atoms with Crippen LogP contribution in [0.1, 0.15) is 6.92 Å². The molecule has 0 saturated heterocycles. The van der Waals surface area contributed by atoms with Gasteiger partial charge in [-0.1, -0.05) is 53.4 Å². The quantitative estimate of drug-likeness (QED) is 0.688. The van der Waals surface area contributed by atoms with Crippen molar-refractivity contribution < 1.29 is 4.79 Å². The number of hydrogen-bond acceptors (Lipinski definition) is 6. The third-order valence-corrected chi connectivity index (χ3v) is 5.41. The van der Waals surface area contributed by atoms with Gasteiger partial charge in [0.1, 0.15) is 0 Å². The van der Waals surface area contributed by atoms with Crippen LogP contribution < -0.4 is 10.6 Å². The van der Waals surface area contributed by atoms with E-state index in [1.165, 1.54) is 23.1 Å². The highest BCUT2D eigenvalue weighted by Crippen LogP contribution is 2.29. The predicted octanol–water partition coefficient (Wildman–Crippen LogP) is 3.85. The van der Waals surface area contributed by atoms with E-state index >= 15 is 0 Å². The Labute approximate surface area is 142 Å². The minimum absolute atomic E-state index is 0.0495. The van der Waals surface area contributed by atoms with E-state index in [0.717, 1.165) is 25.9 Å². The Morgan fingerprint density at radius 1 is 1.17 bits per heavy atom. The molecule has 0 aliphatic rings. The number of amides is 1. The van der Waals surface area contributed by atoms with Crippen molar-refractivity contribution in [1.82, 2.24) is 10.2 Å². The lowest BCUT2D eigenvalue weighted by molar-refractivity contribution is -0.115. The Kier molecular flexibility index (Phi) is 4.78. The highest BCUT2D eigenvalue weighted by molar-refractivity contribution is 8.02. The van der Waals surface area contributed by atoms with Crippen LogP contribution in [0.3, 0.4) is 0 Å². The molecule has 1 atom stereocenters. The molecule has 0 radical (unpaired) electrons. The van der Waals surface area contributed by atoms with Crippen molar-refractivity contribution in [3.63, 3.8) is 0 Å². The second kappa shape index (κ2) is 6.97. The first-order valence-electron chi connectivity index (χ1n) is 7.13. The van der Waals surface area contributed by atoms with Gasteiger partial charge < -0.3 is 10.6 Å². The second-order valence-corrected chi connectivity index (χ2v) is 7.50. The standard InChI is InChI=1S/C16H16N4OS2/c1-10(22-16-20-19-15(17-2)23-16)14(21)18-13-8-7-11-5-3-4-6-12(11)9-13/h3-10H,1-2H3,(H,17,19)(H,18,21)/t10-/m1/s1. The smallest absolute Gasteiger partial charge is 0.237 e. The van der Waals surface area contributed by atoms with Crippen LogP contribution in [-0.4, -0.2) is 28.4 Å². The summed E-state index contributed by atoms with van der Waals surface area (Å²) in [5.74, 6) is -0.0495. The molecule has 1 aromatic heterocycles. The zero-order valence-electron chi connectivity index (χ0n) is 12.7. The van der Waals surface area contributed by atoms with Gasteiger partial charge in [-0.2, -0.15) is 0 Å². The van der Waals surface area contributed by atoms with Crippen molar-refractivity contribution >= 4 is 50.6 Å². The lowest BCUT2D eigenvalue weighted by Gasteiger charge is -2.11. The molecule has 3 aromatic rings. The largest absolute Gasteiger partial charge is 0.363 e. The fraction of sp³-hybridized carbons (Fsp3) is 0.188. The Hall–Kier alpha value is -2.12. The van der Waals surface area contributed by atoms with Gasteiger partial charge in [-0.3, -0.25) is 4.79 Å². The monoisotopic (exact) mass is 344 g/mol. The van der Waals surface area contributed by atoms with Gasteiger partial charge in [-0.25, -0.2) is 0 Å². The molecule has 0 spiro atoms. The summed E-state index contributed by atoms with van der Waals surface area (Å²) in [6, 6.07) is 14.0. The van der Waals surface area contributed by atoms with E-state index in [2.05, 4.69) is 20.8 Å². The summed E-state index contributed by atoms with van der Waals surface area (Å²) in [5.41, 5.74) is 0.800. The van der Waals surface area contributed by atoms with E-state index in [9.17, 15) is 4.79 Å². The molecule has 0 aliphatic heterocycles. The number of nitrogens with zero attached hydrogens (tertiary/aromatic N) is 2. The van der Waals surface area contributed by atoms with Crippen LogP contribution in [0, 0.1) is 0 Å². The molecule has 1 heterocycles. The van der Waals surface area contributed by atoms with Crippen LogP contribution in [-0.2, 0) is 4.79 Å². The molecule has 23 heavy (non-hydrogen) atoms. The van der Waals surface area contributed by atoms with Crippen molar-refractivity contribution in [3.05, 3.63) is 42.5 Å². The van der Waals surface area contributed by atoms with E-state index in [1.807, 2.05) is 49.4 Å². The maximum atomic E-state index is 12.3. The molecule has 0 saturated carbocycles. The number of carbonyl (C=O) groups excluding carboxylic acids is 1. The van der Waals surface area contributed by atoms with Crippen molar-refractivity contribution in [1.29, 1.82) is 0 Å². The number of benzene rings is 2. The van der Waals surface area contributed by atoms with Crippen LogP contribution in [0.2, 0.25) is 0 Å². The highest BCUT2D eigenvalue weighted by Gasteiger charge is 2.17. The molecule has 0 fully saturated rings. The maximum absolute atomic E-state index is 12.3. The number of carbonyl (C=O) groups is 1. The fourth-order valence-electron chi connectivity index (χ4n) is 2.07. The summed E-state index contributed by atoms with van der Waals surface area (Å²) in [4.78, 5) is 12.3. The number of rotatable bonds is 5. The molecule has 2 aromatic carbocycles. The van der Waals surface area contributed by atoms with Crippen LogP contribution in [0.15, 0.2) is 46.8 Å². The number of fused-ring (bicyclic) bond motifs is 1. The normalized spacial score (nSPS) is 12.1. The van der Waals surface area contributed by atoms with Gasteiger partial charge in [0.15, 0.2) is 4.34 Å². The predicted molar refractivity (Wildman–Crippen MR) is 97.4 cm³/mol. The summed E-state index contributed by atoms with van der Waals surface area (Å²) >= 11 is 2.84. The first kappa shape index (κ1) is 15.8. The number of nitrogens with one attached hydrogen (secondary N) is 2. The van der Waals surface area contributed by atoms with Gasteiger partial charge in [-0.15, -0.1) is 10.2 Å². The Bertz CT molecular complexity index is 834. The second-order valence-electron chi connectivity index (χ2n) is 4.93. The van der Waals surface area contributed by atoms with Crippen molar-refractivity contribution in [2.45, 2.75) is 16.5 Å². The van der Waals surface area contributed by atoms with Gasteiger partial charge >= 0.3 is 0 Å². The van der Waals surface area contributed by atoms with Crippen LogP contribution in [0.25, 0.3) is 10.8 Å². The topological polar surface area (TPSA) is 66.9 Å². The first-order valence-corrected chi connectivity index (χ1v) is 8.83. The van der Waals surface area contributed by atoms with E-state index in [4.69, 9.17) is 0 Å². The van der Waals surface area contributed by atoms with Crippen LogP contribution >= 0.6 is 23.1 Å². The molecule has 3 rings (SSSR count). The Morgan fingerprint density at radius 2 is 1.96 bits per heavy atom. The fourth-order valence-corrected chi connectivity index (χ4v) is 3.92. The lowest BCUT2D eigenvalue weighted by Crippen LogP contribution is -2.22. The van der Waals surface area contributed by atoms with Crippen molar-refractivity contribution in [3.8, 4) is 0 Å². The molecule has 2 N–H and O–H groups in total. The highest BCUT2D eigenvalue weighted by atomic mass is 32.2. The molecular formula is C16H16N4OS2. The number of aromatic nitrogens is 2. The molecule has 1 amide bonds. The molecule has 0 unspecified atom stereocenters. The van der Waals surface area contributed by atoms with E-state index in [-0.39, 0.29) is 11.2 Å². The van der Waals surface area contributed by atoms with E-state index in [0.29, 0.717) is 0 Å². The zero-order chi connectivity index (χ0) is 16.2. The summed E-state index contributed by atoms with van der Waals surface area (Å²) < 4.78 is 0.774. The number of anilines is 2. The van der Waals surface area contributed by atoms with Crippen LogP contribution in [0.4, 0.5) is 10.8 Å². The maximum Gasteiger partial charge on any atom is 0.237 e. The van der Waals surface area contributed by atoms with Gasteiger partial charge in [0, 0.05) is 12.7 Å². The van der Waals surface area contributed by atoms with Crippen LogP contribution in [0.5, 0.6) is 0 Å². The summed E-state index contributed by atoms with van der Waals surface area (Å²) in [6.07, 6.45) is 0. The number of hydrogen-bond donors (Lipinski definition) is 2. The average Bonchev–Trinajstić information content (AvgIpc) is 3.02. The number of thioether (sulfide) groups is 1. The van der Waals surface area contributed by atoms with E-state index in [1.54, 1.807) is 7.05 Å². The molecule has 7 heteroatoms. The van der Waals surface area contributed by atoms with Crippen molar-refractivity contribution in [2.24, 2.45) is 0 Å². The van der Waals surface area contributed by atoms with E-state index < -0.39 is 0 Å². The minimum Gasteiger partial charge on any atom is -0.363 e. The summed E-state index contributed by atoms with van der Waals surface area (Å²) in [6.45, 7) is 1.86. The SMILES string of the molecule is CNc1nnc(S[C@H](C)C(=O)Nc2ccc3ccccc3c2)s1. The van der Waals surface area contributed by atoms with Gasteiger partial charge in [0.05, 0.1) is 5.25 Å². The molecule has 0 bridgehead atoms. The Balaban J connectivity index is 1.66. The third-order valence-electron chi connectivity index (χ3n) is 3.28. The average molecular weight is 344 g/mol. The molecule has 5 nitrogen and oxygen atoms in total. The molecular weight excluding hydrogens is 328 g/mol. The third kappa shape index (κ3) is 3.80. The Morgan fingerprint density at radius 3 is 2.70 bits per heavy atom. The van der Waals surface area contributed by atoms with Gasteiger partial charge in [-0.05, 0) is 29.8 Å². The molecule has 0 aliphatic carbocycles. The first-order chi connectivity index (χ1) is 11.2. The molecule has 118 valence electrons. The zero-order valence-corrected chi connectivity index (χ0v) is 14.4. The van der Waals surface area contributed by atoms with Crippen molar-refractivity contribution in [2.75, 3.05) is 17.7 Å². The summed E-state index contributed by atoms with van der Waals surface area (Å²) in [5, 5.41) is 16.7. The summed E-state index contributed by atoms with van der Waals surface area (Å²) in [7, 11) is 1.80. The van der Waals surface area contributed by atoms with Gasteiger partial charge in [0.25, 0.3) is 0 Å². The lowest BCUT2D eigenvalue weighted by atomic mass is 10.1.